The molecule has 0 unspecified atom stereocenters. The second kappa shape index (κ2) is 3.89. The van der Waals surface area contributed by atoms with Crippen molar-refractivity contribution in [2.75, 3.05) is 0 Å². The summed E-state index contributed by atoms with van der Waals surface area (Å²) in [6.07, 6.45) is 0. The van der Waals surface area contributed by atoms with Gasteiger partial charge < -0.3 is 0 Å². The van der Waals surface area contributed by atoms with E-state index in [4.69, 9.17) is 0 Å². The van der Waals surface area contributed by atoms with Gasteiger partial charge in [0.2, 0.25) is 5.82 Å². The number of hydrogen-bond donors (Lipinski definition) is 0. The summed E-state index contributed by atoms with van der Waals surface area (Å²) < 4.78 is 12.8. The zero-order valence-electron chi connectivity index (χ0n) is 7.36. The van der Waals surface area contributed by atoms with Gasteiger partial charge in [-0.2, -0.15) is 4.39 Å². The molecule has 0 aliphatic carbocycles. The van der Waals surface area contributed by atoms with E-state index in [1.807, 2.05) is 0 Å². The van der Waals surface area contributed by atoms with Crippen molar-refractivity contribution >= 4 is 27.3 Å². The third kappa shape index (κ3) is 1.94. The van der Waals surface area contributed by atoms with E-state index in [1.54, 1.807) is 0 Å². The smallest absolute Gasteiger partial charge is 0.258 e. The highest BCUT2D eigenvalue weighted by Gasteiger charge is 2.28. The van der Waals surface area contributed by atoms with Crippen molar-refractivity contribution in [1.29, 1.82) is 0 Å². The largest absolute Gasteiger partial charge is 0.309 e. The fraction of sp³-hybridized carbons (Fsp3) is 0.143. The first-order valence-electron chi connectivity index (χ1n) is 3.63. The van der Waals surface area contributed by atoms with Crippen molar-refractivity contribution in [3.63, 3.8) is 0 Å². The lowest BCUT2D eigenvalue weighted by atomic mass is 10.2. The van der Waals surface area contributed by atoms with Crippen LogP contribution < -0.4 is 0 Å². The van der Waals surface area contributed by atoms with Crippen LogP contribution in [0.2, 0.25) is 0 Å². The Balaban J connectivity index is 3.58. The van der Waals surface area contributed by atoms with Gasteiger partial charge in [-0.3, -0.25) is 20.2 Å². The van der Waals surface area contributed by atoms with Crippen molar-refractivity contribution in [2.45, 2.75) is 6.92 Å². The monoisotopic (exact) mass is 278 g/mol. The lowest BCUT2D eigenvalue weighted by molar-refractivity contribution is -0.392. The Kier molecular flexibility index (Phi) is 2.98. The van der Waals surface area contributed by atoms with Gasteiger partial charge in [0.1, 0.15) is 4.47 Å². The van der Waals surface area contributed by atoms with Crippen LogP contribution in [0, 0.1) is 33.0 Å². The summed E-state index contributed by atoms with van der Waals surface area (Å²) in [6, 6.07) is 0.950. The second-order valence-electron chi connectivity index (χ2n) is 2.70. The first-order valence-corrected chi connectivity index (χ1v) is 4.43. The van der Waals surface area contributed by atoms with E-state index in [-0.39, 0.29) is 5.56 Å². The molecule has 1 aromatic rings. The highest BCUT2D eigenvalue weighted by molar-refractivity contribution is 9.10. The maximum atomic E-state index is 13.3. The van der Waals surface area contributed by atoms with Gasteiger partial charge in [-0.15, -0.1) is 0 Å². The van der Waals surface area contributed by atoms with Crippen molar-refractivity contribution in [1.82, 2.24) is 0 Å². The molecule has 0 saturated heterocycles. The van der Waals surface area contributed by atoms with Gasteiger partial charge in [0.25, 0.3) is 5.69 Å². The number of nitro benzene ring substituents is 2. The summed E-state index contributed by atoms with van der Waals surface area (Å²) in [5.74, 6) is -1.23. The van der Waals surface area contributed by atoms with Gasteiger partial charge in [-0.25, -0.2) is 0 Å². The van der Waals surface area contributed by atoms with Crippen LogP contribution in [0.15, 0.2) is 10.5 Å². The van der Waals surface area contributed by atoms with E-state index >= 15 is 0 Å². The standard InChI is InChI=1S/C7H4BrFN2O4/c1-3-2-4(10(12)13)5(8)6(9)7(3)11(14)15/h2H,1H3. The summed E-state index contributed by atoms with van der Waals surface area (Å²) in [6.45, 7) is 1.24. The van der Waals surface area contributed by atoms with Gasteiger partial charge in [0.05, 0.1) is 9.85 Å². The minimum absolute atomic E-state index is 0.0904. The maximum Gasteiger partial charge on any atom is 0.309 e. The Labute approximate surface area is 91.1 Å². The molecular formula is C7H4BrFN2O4. The van der Waals surface area contributed by atoms with Crippen LogP contribution in [-0.2, 0) is 0 Å². The highest BCUT2D eigenvalue weighted by atomic mass is 79.9. The Hall–Kier alpha value is -1.57. The fourth-order valence-electron chi connectivity index (χ4n) is 1.08. The van der Waals surface area contributed by atoms with Gasteiger partial charge in [-0.1, -0.05) is 0 Å². The highest BCUT2D eigenvalue weighted by Crippen LogP contribution is 2.35. The molecule has 0 fully saturated rings. The Morgan fingerprint density at radius 3 is 2.27 bits per heavy atom. The molecule has 0 amide bonds. The lowest BCUT2D eigenvalue weighted by Gasteiger charge is -2.01. The molecule has 8 heteroatoms. The number of aryl methyl sites for hydroxylation is 1. The minimum atomic E-state index is -1.23. The SMILES string of the molecule is Cc1cc([N+](=O)[O-])c(Br)c(F)c1[N+](=O)[O-]. The molecule has 0 saturated carbocycles. The zero-order chi connectivity index (χ0) is 11.7. The number of hydrogen-bond acceptors (Lipinski definition) is 4. The van der Waals surface area contributed by atoms with Gasteiger partial charge in [0.15, 0.2) is 0 Å². The molecule has 15 heavy (non-hydrogen) atoms. The first kappa shape index (κ1) is 11.5. The Bertz CT molecular complexity index is 463. The molecule has 80 valence electrons. The number of halogens is 2. The molecule has 0 aliphatic heterocycles. The molecule has 0 radical (unpaired) electrons. The number of nitrogens with zero attached hydrogens (tertiary/aromatic N) is 2. The third-order valence-corrected chi connectivity index (χ3v) is 2.49. The summed E-state index contributed by atoms with van der Waals surface area (Å²) in [4.78, 5) is 19.2. The molecule has 0 spiro atoms. The third-order valence-electron chi connectivity index (χ3n) is 1.73. The van der Waals surface area contributed by atoms with Crippen LogP contribution in [0.5, 0.6) is 0 Å². The average molecular weight is 279 g/mol. The van der Waals surface area contributed by atoms with Crippen LogP contribution in [0.1, 0.15) is 5.56 Å². The van der Waals surface area contributed by atoms with Gasteiger partial charge >= 0.3 is 5.69 Å². The Morgan fingerprint density at radius 2 is 1.87 bits per heavy atom. The van der Waals surface area contributed by atoms with E-state index in [9.17, 15) is 24.6 Å². The molecule has 1 aromatic carbocycles. The van der Waals surface area contributed by atoms with Gasteiger partial charge in [-0.05, 0) is 22.9 Å². The summed E-state index contributed by atoms with van der Waals surface area (Å²) >= 11 is 2.61. The molecular weight excluding hydrogens is 275 g/mol. The molecule has 0 aromatic heterocycles. The number of nitro groups is 2. The van der Waals surface area contributed by atoms with E-state index < -0.39 is 31.5 Å². The van der Waals surface area contributed by atoms with Crippen molar-refractivity contribution in [3.8, 4) is 0 Å². The lowest BCUT2D eigenvalue weighted by Crippen LogP contribution is -2.00. The second-order valence-corrected chi connectivity index (χ2v) is 3.50. The quantitative estimate of drug-likeness (QED) is 0.615. The molecule has 0 atom stereocenters. The molecule has 6 nitrogen and oxygen atoms in total. The minimum Gasteiger partial charge on any atom is -0.258 e. The predicted molar refractivity (Wildman–Crippen MR) is 52.1 cm³/mol. The number of rotatable bonds is 2. The summed E-state index contributed by atoms with van der Waals surface area (Å²) in [5, 5.41) is 20.9. The molecule has 0 aliphatic rings. The maximum absolute atomic E-state index is 13.3. The van der Waals surface area contributed by atoms with Crippen LogP contribution in [0.3, 0.4) is 0 Å². The topological polar surface area (TPSA) is 86.3 Å². The summed E-state index contributed by atoms with van der Waals surface area (Å²) in [7, 11) is 0. The van der Waals surface area contributed by atoms with E-state index in [1.165, 1.54) is 6.92 Å². The fourth-order valence-corrected chi connectivity index (χ4v) is 1.53. The van der Waals surface area contributed by atoms with E-state index in [0.717, 1.165) is 6.07 Å². The van der Waals surface area contributed by atoms with E-state index in [2.05, 4.69) is 15.9 Å². The van der Waals surface area contributed by atoms with Crippen molar-refractivity contribution in [2.24, 2.45) is 0 Å². The van der Waals surface area contributed by atoms with Crippen LogP contribution in [0.25, 0.3) is 0 Å². The van der Waals surface area contributed by atoms with Gasteiger partial charge in [0, 0.05) is 11.6 Å². The zero-order valence-corrected chi connectivity index (χ0v) is 8.95. The summed E-state index contributed by atoms with van der Waals surface area (Å²) in [5.41, 5.74) is -1.38. The van der Waals surface area contributed by atoms with Crippen molar-refractivity contribution in [3.05, 3.63) is 42.1 Å². The van der Waals surface area contributed by atoms with Crippen LogP contribution in [0.4, 0.5) is 15.8 Å². The average Bonchev–Trinajstić information content (AvgIpc) is 2.10. The Morgan fingerprint density at radius 1 is 1.33 bits per heavy atom. The molecule has 0 N–H and O–H groups in total. The predicted octanol–water partition coefficient (Wildman–Crippen LogP) is 2.71. The van der Waals surface area contributed by atoms with Crippen molar-refractivity contribution < 1.29 is 14.2 Å². The molecule has 0 heterocycles. The van der Waals surface area contributed by atoms with E-state index in [0.29, 0.717) is 0 Å². The number of benzene rings is 1. The van der Waals surface area contributed by atoms with Crippen LogP contribution >= 0.6 is 15.9 Å². The van der Waals surface area contributed by atoms with Crippen LogP contribution in [-0.4, -0.2) is 9.85 Å². The first-order chi connectivity index (χ1) is 6.86. The normalized spacial score (nSPS) is 10.1. The molecule has 0 bridgehead atoms. The molecule has 1 rings (SSSR count).